The van der Waals surface area contributed by atoms with Crippen LogP contribution in [0.2, 0.25) is 5.02 Å². The number of likely N-dealkylation sites (N-methyl/N-ethyl adjacent to an activating group) is 1. The third kappa shape index (κ3) is 4.93. The fourth-order valence-corrected chi connectivity index (χ4v) is 1.67. The zero-order valence-corrected chi connectivity index (χ0v) is 12.1. The van der Waals surface area contributed by atoms with Crippen molar-refractivity contribution < 1.29 is 0 Å². The van der Waals surface area contributed by atoms with Crippen molar-refractivity contribution in [2.75, 3.05) is 32.5 Å². The van der Waals surface area contributed by atoms with Gasteiger partial charge in [-0.15, -0.1) is 12.3 Å². The van der Waals surface area contributed by atoms with Gasteiger partial charge in [-0.25, -0.2) is 4.68 Å². The van der Waals surface area contributed by atoms with Crippen molar-refractivity contribution in [3.05, 3.63) is 21.6 Å². The van der Waals surface area contributed by atoms with Gasteiger partial charge in [0.25, 0.3) is 5.56 Å². The lowest BCUT2D eigenvalue weighted by Gasteiger charge is -2.12. The minimum atomic E-state index is -0.273. The summed E-state index contributed by atoms with van der Waals surface area (Å²) in [7, 11) is 3.88. The Morgan fingerprint density at radius 1 is 1.58 bits per heavy atom. The predicted molar refractivity (Wildman–Crippen MR) is 78.6 cm³/mol. The first kappa shape index (κ1) is 15.5. The number of hydrogen-bond donors (Lipinski definition) is 1. The molecule has 0 aromatic carbocycles. The minimum Gasteiger partial charge on any atom is -0.382 e. The summed E-state index contributed by atoms with van der Waals surface area (Å²) in [5.41, 5.74) is 0.287. The second kappa shape index (κ2) is 7.82. The summed E-state index contributed by atoms with van der Waals surface area (Å²) < 4.78 is 1.37. The maximum absolute atomic E-state index is 12.0. The zero-order valence-electron chi connectivity index (χ0n) is 11.3. The van der Waals surface area contributed by atoms with E-state index in [-0.39, 0.29) is 10.6 Å². The molecule has 6 heteroatoms. The van der Waals surface area contributed by atoms with Crippen LogP contribution in [-0.4, -0.2) is 41.9 Å². The first-order chi connectivity index (χ1) is 9.06. The van der Waals surface area contributed by atoms with Crippen LogP contribution in [0.1, 0.15) is 12.8 Å². The summed E-state index contributed by atoms with van der Waals surface area (Å²) in [6.45, 7) is 1.92. The van der Waals surface area contributed by atoms with Crippen molar-refractivity contribution >= 4 is 17.3 Å². The smallest absolute Gasteiger partial charge is 0.287 e. The second-order valence-corrected chi connectivity index (χ2v) is 4.82. The van der Waals surface area contributed by atoms with Crippen molar-refractivity contribution in [3.63, 3.8) is 0 Å². The van der Waals surface area contributed by atoms with E-state index in [2.05, 4.69) is 16.3 Å². The number of aromatic nitrogens is 2. The lowest BCUT2D eigenvalue weighted by molar-refractivity contribution is 0.367. The van der Waals surface area contributed by atoms with E-state index in [9.17, 15) is 4.79 Å². The van der Waals surface area contributed by atoms with E-state index in [1.54, 1.807) is 6.20 Å². The predicted octanol–water partition coefficient (Wildman–Crippen LogP) is 1.28. The molecule has 0 bridgehead atoms. The van der Waals surface area contributed by atoms with E-state index < -0.39 is 0 Å². The second-order valence-electron chi connectivity index (χ2n) is 4.44. The molecule has 1 heterocycles. The van der Waals surface area contributed by atoms with E-state index in [0.29, 0.717) is 25.2 Å². The Labute approximate surface area is 118 Å². The average Bonchev–Trinajstić information content (AvgIpc) is 2.38. The van der Waals surface area contributed by atoms with Gasteiger partial charge in [0.1, 0.15) is 5.02 Å². The molecule has 0 saturated carbocycles. The van der Waals surface area contributed by atoms with Crippen LogP contribution < -0.4 is 10.9 Å². The highest BCUT2D eigenvalue weighted by atomic mass is 35.5. The molecular formula is C13H19ClN4O. The van der Waals surface area contributed by atoms with Gasteiger partial charge >= 0.3 is 0 Å². The molecule has 19 heavy (non-hydrogen) atoms. The van der Waals surface area contributed by atoms with Crippen LogP contribution in [0.3, 0.4) is 0 Å². The molecule has 0 amide bonds. The molecule has 0 aliphatic heterocycles. The van der Waals surface area contributed by atoms with Crippen molar-refractivity contribution in [2.45, 2.75) is 19.4 Å². The molecule has 0 aliphatic rings. The normalized spacial score (nSPS) is 10.5. The van der Waals surface area contributed by atoms with Gasteiger partial charge in [0.2, 0.25) is 0 Å². The van der Waals surface area contributed by atoms with Gasteiger partial charge < -0.3 is 10.2 Å². The van der Waals surface area contributed by atoms with Crippen LogP contribution in [-0.2, 0) is 6.54 Å². The summed E-state index contributed by atoms with van der Waals surface area (Å²) >= 11 is 6.04. The summed E-state index contributed by atoms with van der Waals surface area (Å²) in [5.74, 6) is 2.56. The van der Waals surface area contributed by atoms with Crippen molar-refractivity contribution in [1.82, 2.24) is 14.7 Å². The fourth-order valence-electron chi connectivity index (χ4n) is 1.46. The number of hydrogen-bond acceptors (Lipinski definition) is 4. The largest absolute Gasteiger partial charge is 0.382 e. The van der Waals surface area contributed by atoms with E-state index in [1.807, 2.05) is 19.0 Å². The number of nitrogens with one attached hydrogen (secondary N) is 1. The van der Waals surface area contributed by atoms with Gasteiger partial charge in [0.05, 0.1) is 18.4 Å². The van der Waals surface area contributed by atoms with E-state index in [4.69, 9.17) is 18.0 Å². The third-order valence-corrected chi connectivity index (χ3v) is 2.92. The first-order valence-corrected chi connectivity index (χ1v) is 6.51. The topological polar surface area (TPSA) is 50.2 Å². The molecular weight excluding hydrogens is 264 g/mol. The van der Waals surface area contributed by atoms with Gasteiger partial charge in [-0.3, -0.25) is 4.79 Å². The van der Waals surface area contributed by atoms with Crippen molar-refractivity contribution in [2.24, 2.45) is 0 Å². The van der Waals surface area contributed by atoms with Crippen LogP contribution >= 0.6 is 11.6 Å². The van der Waals surface area contributed by atoms with E-state index in [1.165, 1.54) is 4.68 Å². The number of terminal acetylenes is 1. The Morgan fingerprint density at radius 3 is 2.95 bits per heavy atom. The molecule has 0 fully saturated rings. The molecule has 5 nitrogen and oxygen atoms in total. The molecule has 1 aromatic heterocycles. The summed E-state index contributed by atoms with van der Waals surface area (Å²) in [5, 5.41) is 7.34. The molecule has 0 unspecified atom stereocenters. The highest BCUT2D eigenvalue weighted by Gasteiger charge is 2.08. The third-order valence-electron chi connectivity index (χ3n) is 2.56. The maximum Gasteiger partial charge on any atom is 0.287 e. The summed E-state index contributed by atoms with van der Waals surface area (Å²) in [4.78, 5) is 13.9. The Morgan fingerprint density at radius 2 is 2.32 bits per heavy atom. The Balaban J connectivity index is 2.69. The highest BCUT2D eigenvalue weighted by Crippen LogP contribution is 2.15. The lowest BCUT2D eigenvalue weighted by Crippen LogP contribution is -2.29. The standard InChI is InChI=1S/C13H19ClN4O/c1-4-5-6-7-15-11-10-16-18(9-8-17(2)3)13(19)12(11)14/h1,10,15H,5-9H2,2-3H3. The van der Waals surface area contributed by atoms with Crippen molar-refractivity contribution in [1.29, 1.82) is 0 Å². The Kier molecular flexibility index (Phi) is 6.40. The molecule has 0 aliphatic carbocycles. The molecule has 104 valence electrons. The van der Waals surface area contributed by atoms with E-state index in [0.717, 1.165) is 13.0 Å². The molecule has 1 N–H and O–H groups in total. The number of unbranched alkanes of at least 4 members (excludes halogenated alkanes) is 1. The molecule has 0 spiro atoms. The van der Waals surface area contributed by atoms with Crippen LogP contribution in [0, 0.1) is 12.3 Å². The number of halogens is 1. The molecule has 1 aromatic rings. The van der Waals surface area contributed by atoms with Gasteiger partial charge in [-0.1, -0.05) is 11.6 Å². The minimum absolute atomic E-state index is 0.175. The molecule has 0 radical (unpaired) electrons. The van der Waals surface area contributed by atoms with Crippen LogP contribution in [0.15, 0.2) is 11.0 Å². The first-order valence-electron chi connectivity index (χ1n) is 6.14. The summed E-state index contributed by atoms with van der Waals surface area (Å²) in [6, 6.07) is 0. The zero-order chi connectivity index (χ0) is 14.3. The number of nitrogens with zero attached hydrogens (tertiary/aromatic N) is 3. The Hall–Kier alpha value is -1.51. The van der Waals surface area contributed by atoms with Crippen LogP contribution in [0.5, 0.6) is 0 Å². The van der Waals surface area contributed by atoms with E-state index >= 15 is 0 Å². The van der Waals surface area contributed by atoms with Crippen LogP contribution in [0.25, 0.3) is 0 Å². The van der Waals surface area contributed by atoms with Gasteiger partial charge in [-0.05, 0) is 20.5 Å². The molecule has 1 rings (SSSR count). The number of anilines is 1. The lowest BCUT2D eigenvalue weighted by atomic mass is 10.3. The summed E-state index contributed by atoms with van der Waals surface area (Å²) in [6.07, 6.45) is 8.27. The van der Waals surface area contributed by atoms with Crippen molar-refractivity contribution in [3.8, 4) is 12.3 Å². The highest BCUT2D eigenvalue weighted by molar-refractivity contribution is 6.32. The average molecular weight is 283 g/mol. The maximum atomic E-state index is 12.0. The van der Waals surface area contributed by atoms with Gasteiger partial charge in [-0.2, -0.15) is 5.10 Å². The molecule has 0 saturated heterocycles. The van der Waals surface area contributed by atoms with Crippen LogP contribution in [0.4, 0.5) is 5.69 Å². The SMILES string of the molecule is C#CCCCNc1cnn(CCN(C)C)c(=O)c1Cl. The van der Waals surface area contributed by atoms with Gasteiger partial charge in [0, 0.05) is 19.5 Å². The fraction of sp³-hybridized carbons (Fsp3) is 0.538. The number of rotatable bonds is 7. The quantitative estimate of drug-likeness (QED) is 0.605. The van der Waals surface area contributed by atoms with Gasteiger partial charge in [0.15, 0.2) is 0 Å². The molecule has 0 atom stereocenters. The Bertz CT molecular complexity index is 504. The monoisotopic (exact) mass is 282 g/mol.